The maximum Gasteiger partial charge on any atom is 0.319 e. The minimum Gasteiger partial charge on any atom is -0.461 e. The third-order valence-corrected chi connectivity index (χ3v) is 10.3. The molecular formula is C28H26ClF3N6O2S. The maximum atomic E-state index is 16.5. The second-order valence-corrected chi connectivity index (χ2v) is 13.0. The van der Waals surface area contributed by atoms with Crippen LogP contribution < -0.4 is 15.8 Å². The monoisotopic (exact) mass is 602 g/mol. The number of nitrogens with two attached hydrogens (primary N) is 1. The number of benzene rings is 2. The predicted octanol–water partition coefficient (Wildman–Crippen LogP) is 5.43. The number of aromatic nitrogens is 3. The molecule has 0 radical (unpaired) electrons. The number of hydrogen-bond acceptors (Lipinski definition) is 9. The van der Waals surface area contributed by atoms with Gasteiger partial charge in [0.25, 0.3) is 0 Å². The van der Waals surface area contributed by atoms with Crippen LogP contribution in [0, 0.1) is 23.5 Å². The second-order valence-electron chi connectivity index (χ2n) is 11.5. The summed E-state index contributed by atoms with van der Waals surface area (Å²) in [5.41, 5.74) is 6.04. The number of nitrogens with one attached hydrogen (secondary N) is 1. The lowest BCUT2D eigenvalue weighted by Crippen LogP contribution is -2.43. The SMILES string of the molecule is Nc1nc2c(-c3c(Cl)cc4c(NC5[C@H]6COC[C@@H]56)nc(OC[C@@]56CCCN5C[C@H](F)C6)nc4c3F)ccc(F)c2s1. The molecule has 3 N–H and O–H groups in total. The van der Waals surface area contributed by atoms with Crippen molar-refractivity contribution in [3.8, 4) is 17.1 Å². The number of hydrogen-bond donors (Lipinski definition) is 2. The number of ether oxygens (including phenoxy) is 2. The average molecular weight is 603 g/mol. The first-order chi connectivity index (χ1) is 19.8. The largest absolute Gasteiger partial charge is 0.461 e. The molecule has 1 unspecified atom stereocenters. The molecule has 2 aromatic carbocycles. The molecule has 2 aromatic heterocycles. The zero-order chi connectivity index (χ0) is 28.0. The number of anilines is 2. The van der Waals surface area contributed by atoms with Crippen LogP contribution in [0.4, 0.5) is 24.1 Å². The molecule has 1 saturated carbocycles. The Kier molecular flexibility index (Phi) is 5.83. The van der Waals surface area contributed by atoms with Gasteiger partial charge in [0, 0.05) is 47.4 Å². The molecule has 8 nitrogen and oxygen atoms in total. The molecule has 4 aromatic rings. The number of alkyl halides is 1. The topological polar surface area (TPSA) is 98.4 Å². The van der Waals surface area contributed by atoms with E-state index in [-0.39, 0.29) is 50.1 Å². The number of rotatable bonds is 6. The summed E-state index contributed by atoms with van der Waals surface area (Å²) in [6, 6.07) is 4.44. The van der Waals surface area contributed by atoms with Gasteiger partial charge in [-0.25, -0.2) is 18.2 Å². The Morgan fingerprint density at radius 1 is 1.20 bits per heavy atom. The fraction of sp³-hybridized carbons (Fsp3) is 0.464. The van der Waals surface area contributed by atoms with E-state index >= 15 is 4.39 Å². The molecule has 5 atom stereocenters. The van der Waals surface area contributed by atoms with Crippen molar-refractivity contribution in [3.05, 3.63) is 34.9 Å². The van der Waals surface area contributed by atoms with Crippen LogP contribution >= 0.6 is 22.9 Å². The highest BCUT2D eigenvalue weighted by Gasteiger charge is 2.54. The van der Waals surface area contributed by atoms with Gasteiger partial charge in [0.1, 0.15) is 29.9 Å². The Bertz CT molecular complexity index is 1710. The molecule has 41 heavy (non-hydrogen) atoms. The van der Waals surface area contributed by atoms with Crippen LogP contribution in [0.25, 0.3) is 32.2 Å². The molecule has 8 rings (SSSR count). The highest BCUT2D eigenvalue weighted by molar-refractivity contribution is 7.22. The minimum absolute atomic E-state index is 0.0000732. The van der Waals surface area contributed by atoms with E-state index in [9.17, 15) is 8.78 Å². The Balaban J connectivity index is 1.23. The summed E-state index contributed by atoms with van der Waals surface area (Å²) in [6.07, 6.45) is 1.28. The molecule has 0 amide bonds. The Labute approximate surface area is 242 Å². The molecule has 1 aliphatic carbocycles. The molecule has 0 spiro atoms. The van der Waals surface area contributed by atoms with Crippen molar-refractivity contribution in [1.29, 1.82) is 0 Å². The van der Waals surface area contributed by atoms with Crippen molar-refractivity contribution >= 4 is 55.0 Å². The number of fused-ring (bicyclic) bond motifs is 4. The quantitative estimate of drug-likeness (QED) is 0.301. The average Bonchev–Trinajstić information content (AvgIpc) is 3.45. The Morgan fingerprint density at radius 3 is 2.85 bits per heavy atom. The summed E-state index contributed by atoms with van der Waals surface area (Å²) in [5.74, 6) is -0.0714. The van der Waals surface area contributed by atoms with E-state index in [1.807, 2.05) is 0 Å². The summed E-state index contributed by atoms with van der Waals surface area (Å²) in [6.45, 7) is 2.75. The highest BCUT2D eigenvalue weighted by atomic mass is 35.5. The second kappa shape index (κ2) is 9.29. The van der Waals surface area contributed by atoms with Crippen molar-refractivity contribution in [2.45, 2.75) is 37.0 Å². The summed E-state index contributed by atoms with van der Waals surface area (Å²) in [7, 11) is 0. The summed E-state index contributed by atoms with van der Waals surface area (Å²) < 4.78 is 57.2. The van der Waals surface area contributed by atoms with E-state index in [2.05, 4.69) is 25.2 Å². The first-order valence-corrected chi connectivity index (χ1v) is 14.9. The lowest BCUT2D eigenvalue weighted by molar-refractivity contribution is 0.107. The molecular weight excluding hydrogens is 577 g/mol. The van der Waals surface area contributed by atoms with Gasteiger partial charge in [0.15, 0.2) is 10.9 Å². The van der Waals surface area contributed by atoms with Crippen LogP contribution in [-0.2, 0) is 4.74 Å². The third-order valence-electron chi connectivity index (χ3n) is 9.13. The molecule has 0 bridgehead atoms. The van der Waals surface area contributed by atoms with E-state index in [4.69, 9.17) is 26.8 Å². The van der Waals surface area contributed by atoms with Crippen LogP contribution in [0.1, 0.15) is 19.3 Å². The number of nitrogens with zero attached hydrogens (tertiary/aromatic N) is 4. The molecule has 5 heterocycles. The van der Waals surface area contributed by atoms with E-state index in [1.54, 1.807) is 6.07 Å². The van der Waals surface area contributed by atoms with Crippen LogP contribution in [0.2, 0.25) is 5.02 Å². The standard InChI is InChI=1S/C28H26ClF3N6O2S/c29-17-6-14-22(20(32)19(17)13-2-3-18(31)24-23(13)35-26(33)41-24)36-27(37-25(14)34-21-15-9-39-10-16(15)21)40-11-28-4-1-5-38(28)8-12(30)7-28/h2-3,6,12,15-16,21H,1,4-5,7-11H2,(H2,33,35)(H,34,36,37)/t12-,15-,16+,21?,28+/m1/s1. The Hall–Kier alpha value is -2.93. The molecule has 3 saturated heterocycles. The molecule has 13 heteroatoms. The fourth-order valence-corrected chi connectivity index (χ4v) is 8.11. The number of nitrogen functional groups attached to an aromatic ring is 1. The molecule has 3 aliphatic heterocycles. The van der Waals surface area contributed by atoms with Gasteiger partial charge in [-0.15, -0.1) is 0 Å². The van der Waals surface area contributed by atoms with Crippen LogP contribution in [-0.4, -0.2) is 70.5 Å². The van der Waals surface area contributed by atoms with Crippen molar-refractivity contribution in [3.63, 3.8) is 0 Å². The first-order valence-electron chi connectivity index (χ1n) is 13.7. The van der Waals surface area contributed by atoms with Gasteiger partial charge in [0.05, 0.1) is 34.0 Å². The lowest BCUT2D eigenvalue weighted by Gasteiger charge is -2.30. The number of thiazole rings is 1. The van der Waals surface area contributed by atoms with Crippen LogP contribution in [0.3, 0.4) is 0 Å². The van der Waals surface area contributed by atoms with Gasteiger partial charge < -0.3 is 20.5 Å². The summed E-state index contributed by atoms with van der Waals surface area (Å²) in [5, 5.41) is 4.12. The number of halogens is 4. The van der Waals surface area contributed by atoms with Gasteiger partial charge in [-0.2, -0.15) is 9.97 Å². The first kappa shape index (κ1) is 25.8. The Morgan fingerprint density at radius 2 is 2.02 bits per heavy atom. The molecule has 4 fully saturated rings. The van der Waals surface area contributed by atoms with E-state index in [0.29, 0.717) is 54.8 Å². The normalized spacial score (nSPS) is 28.9. The van der Waals surface area contributed by atoms with Crippen molar-refractivity contribution in [1.82, 2.24) is 19.9 Å². The van der Waals surface area contributed by atoms with Gasteiger partial charge in [-0.1, -0.05) is 22.9 Å². The summed E-state index contributed by atoms with van der Waals surface area (Å²) in [4.78, 5) is 15.5. The van der Waals surface area contributed by atoms with Gasteiger partial charge >= 0.3 is 6.01 Å². The third kappa shape index (κ3) is 4.05. The van der Waals surface area contributed by atoms with E-state index in [1.165, 1.54) is 12.1 Å². The smallest absolute Gasteiger partial charge is 0.319 e. The van der Waals surface area contributed by atoms with Crippen LogP contribution in [0.15, 0.2) is 18.2 Å². The zero-order valence-corrected chi connectivity index (χ0v) is 23.4. The maximum absolute atomic E-state index is 16.5. The van der Waals surface area contributed by atoms with Gasteiger partial charge in [0.2, 0.25) is 0 Å². The highest BCUT2D eigenvalue weighted by Crippen LogP contribution is 2.48. The van der Waals surface area contributed by atoms with E-state index in [0.717, 1.165) is 30.7 Å². The predicted molar refractivity (Wildman–Crippen MR) is 151 cm³/mol. The molecule has 4 aliphatic rings. The van der Waals surface area contributed by atoms with Crippen LogP contribution in [0.5, 0.6) is 6.01 Å². The van der Waals surface area contributed by atoms with Crippen molar-refractivity contribution in [2.24, 2.45) is 11.8 Å². The summed E-state index contributed by atoms with van der Waals surface area (Å²) >= 11 is 7.69. The van der Waals surface area contributed by atoms with Crippen molar-refractivity contribution in [2.75, 3.05) is 44.0 Å². The van der Waals surface area contributed by atoms with Gasteiger partial charge in [-0.05, 0) is 37.6 Å². The zero-order valence-electron chi connectivity index (χ0n) is 21.8. The molecule has 214 valence electrons. The van der Waals surface area contributed by atoms with E-state index < -0.39 is 23.3 Å². The fourth-order valence-electron chi connectivity index (χ4n) is 7.05. The van der Waals surface area contributed by atoms with Crippen molar-refractivity contribution < 1.29 is 22.6 Å². The minimum atomic E-state index is -0.903. The van der Waals surface area contributed by atoms with Gasteiger partial charge in [-0.3, -0.25) is 4.90 Å². The lowest BCUT2D eigenvalue weighted by atomic mass is 9.95.